The van der Waals surface area contributed by atoms with E-state index in [1.165, 1.54) is 6.92 Å². The van der Waals surface area contributed by atoms with E-state index in [9.17, 15) is 18.0 Å². The maximum atomic E-state index is 12.8. The fourth-order valence-corrected chi connectivity index (χ4v) is 2.46. The molecular formula is C13H19F3N4O. The molecular weight excluding hydrogens is 285 g/mol. The lowest BCUT2D eigenvalue weighted by molar-refractivity contribution is -0.144. The standard InChI is InChI=1S/C13H19F3N4O/c1-9-7-11(13(14,15)16)20(18-9)8-12(21)17-10-3-5-19(2)6-4-10/h7,10H,3-6,8H2,1-2H3,(H,17,21). The van der Waals surface area contributed by atoms with Crippen molar-refractivity contribution in [3.63, 3.8) is 0 Å². The topological polar surface area (TPSA) is 50.2 Å². The number of rotatable bonds is 3. The maximum Gasteiger partial charge on any atom is 0.433 e. The summed E-state index contributed by atoms with van der Waals surface area (Å²) in [4.78, 5) is 14.1. The Morgan fingerprint density at radius 3 is 2.62 bits per heavy atom. The number of carbonyl (C=O) groups excluding carboxylic acids is 1. The highest BCUT2D eigenvalue weighted by atomic mass is 19.4. The number of nitrogens with zero attached hydrogens (tertiary/aromatic N) is 3. The number of amides is 1. The van der Waals surface area contributed by atoms with Gasteiger partial charge in [0.25, 0.3) is 0 Å². The van der Waals surface area contributed by atoms with Gasteiger partial charge in [0, 0.05) is 6.04 Å². The second kappa shape index (κ2) is 6.05. The van der Waals surface area contributed by atoms with E-state index in [2.05, 4.69) is 15.3 Å². The van der Waals surface area contributed by atoms with Gasteiger partial charge in [0.2, 0.25) is 5.91 Å². The molecule has 0 atom stereocenters. The van der Waals surface area contributed by atoms with Crippen molar-refractivity contribution < 1.29 is 18.0 Å². The SMILES string of the molecule is Cc1cc(C(F)(F)F)n(CC(=O)NC2CCN(C)CC2)n1. The molecule has 0 saturated carbocycles. The van der Waals surface area contributed by atoms with Crippen LogP contribution in [0.2, 0.25) is 0 Å². The molecule has 0 aliphatic carbocycles. The molecule has 21 heavy (non-hydrogen) atoms. The van der Waals surface area contributed by atoms with Crippen LogP contribution in [0.25, 0.3) is 0 Å². The Bertz CT molecular complexity index is 504. The Hall–Kier alpha value is -1.57. The van der Waals surface area contributed by atoms with Crippen LogP contribution in [0.3, 0.4) is 0 Å². The summed E-state index contributed by atoms with van der Waals surface area (Å²) >= 11 is 0. The molecule has 1 aromatic rings. The third-order valence-electron chi connectivity index (χ3n) is 3.57. The van der Waals surface area contributed by atoms with Gasteiger partial charge in [-0.2, -0.15) is 18.3 Å². The second-order valence-electron chi connectivity index (χ2n) is 5.47. The molecule has 1 aliphatic rings. The minimum atomic E-state index is -4.50. The molecule has 2 heterocycles. The first-order chi connectivity index (χ1) is 9.75. The minimum Gasteiger partial charge on any atom is -0.352 e. The lowest BCUT2D eigenvalue weighted by atomic mass is 10.1. The molecule has 5 nitrogen and oxygen atoms in total. The molecule has 2 rings (SSSR count). The number of nitrogens with one attached hydrogen (secondary N) is 1. The molecule has 0 spiro atoms. The molecule has 0 unspecified atom stereocenters. The first kappa shape index (κ1) is 15.8. The summed E-state index contributed by atoms with van der Waals surface area (Å²) in [6, 6.07) is 0.975. The number of aryl methyl sites for hydroxylation is 1. The zero-order valence-electron chi connectivity index (χ0n) is 12.1. The quantitative estimate of drug-likeness (QED) is 0.919. The van der Waals surface area contributed by atoms with Gasteiger partial charge in [-0.3, -0.25) is 9.48 Å². The van der Waals surface area contributed by atoms with Gasteiger partial charge >= 0.3 is 6.18 Å². The molecule has 0 aromatic carbocycles. The van der Waals surface area contributed by atoms with Crippen molar-refractivity contribution >= 4 is 5.91 Å². The fourth-order valence-electron chi connectivity index (χ4n) is 2.46. The number of hydrogen-bond acceptors (Lipinski definition) is 3. The van der Waals surface area contributed by atoms with Crippen LogP contribution in [-0.4, -0.2) is 46.8 Å². The summed E-state index contributed by atoms with van der Waals surface area (Å²) < 4.78 is 39.2. The zero-order chi connectivity index (χ0) is 15.6. The monoisotopic (exact) mass is 304 g/mol. The van der Waals surface area contributed by atoms with E-state index in [-0.39, 0.29) is 11.7 Å². The smallest absolute Gasteiger partial charge is 0.352 e. The summed E-state index contributed by atoms with van der Waals surface area (Å²) in [6.45, 7) is 2.81. The number of alkyl halides is 3. The van der Waals surface area contributed by atoms with E-state index >= 15 is 0 Å². The molecule has 0 radical (unpaired) electrons. The van der Waals surface area contributed by atoms with Gasteiger partial charge in [-0.25, -0.2) is 0 Å². The predicted molar refractivity (Wildman–Crippen MR) is 70.6 cm³/mol. The first-order valence-electron chi connectivity index (χ1n) is 6.85. The van der Waals surface area contributed by atoms with Gasteiger partial charge in [0.15, 0.2) is 0 Å². The molecule has 1 fully saturated rings. The van der Waals surface area contributed by atoms with Crippen LogP contribution in [0.5, 0.6) is 0 Å². The Kier molecular flexibility index (Phi) is 4.55. The van der Waals surface area contributed by atoms with E-state index in [4.69, 9.17) is 0 Å². The fraction of sp³-hybridized carbons (Fsp3) is 0.692. The largest absolute Gasteiger partial charge is 0.433 e. The highest BCUT2D eigenvalue weighted by Crippen LogP contribution is 2.29. The molecule has 8 heteroatoms. The van der Waals surface area contributed by atoms with Crippen LogP contribution in [0, 0.1) is 6.92 Å². The third-order valence-corrected chi connectivity index (χ3v) is 3.57. The van der Waals surface area contributed by atoms with Crippen molar-refractivity contribution in [2.45, 2.75) is 38.5 Å². The summed E-state index contributed by atoms with van der Waals surface area (Å²) in [5, 5.41) is 6.53. The van der Waals surface area contributed by atoms with Crippen molar-refractivity contribution in [1.29, 1.82) is 0 Å². The maximum absolute atomic E-state index is 12.8. The van der Waals surface area contributed by atoms with Crippen molar-refractivity contribution in [2.24, 2.45) is 0 Å². The minimum absolute atomic E-state index is 0.0275. The predicted octanol–water partition coefficient (Wildman–Crippen LogP) is 1.42. The number of piperidine rings is 1. The zero-order valence-corrected chi connectivity index (χ0v) is 12.1. The number of halogens is 3. The van der Waals surface area contributed by atoms with Crippen molar-refractivity contribution in [2.75, 3.05) is 20.1 Å². The lowest BCUT2D eigenvalue weighted by Crippen LogP contribution is -2.44. The van der Waals surface area contributed by atoms with E-state index in [1.54, 1.807) is 0 Å². The van der Waals surface area contributed by atoms with Gasteiger partial charge in [0.05, 0.1) is 5.69 Å². The van der Waals surface area contributed by atoms with Crippen LogP contribution in [0.1, 0.15) is 24.2 Å². The summed E-state index contributed by atoms with van der Waals surface area (Å²) in [6.07, 6.45) is -2.88. The van der Waals surface area contributed by atoms with Crippen LogP contribution >= 0.6 is 0 Å². The summed E-state index contributed by atoms with van der Waals surface area (Å²) in [5.41, 5.74) is -0.645. The molecule has 1 aromatic heterocycles. The number of likely N-dealkylation sites (tertiary alicyclic amines) is 1. The highest BCUT2D eigenvalue weighted by molar-refractivity contribution is 5.76. The van der Waals surface area contributed by atoms with Gasteiger partial charge in [0.1, 0.15) is 12.2 Å². The van der Waals surface area contributed by atoms with Crippen LogP contribution in [-0.2, 0) is 17.5 Å². The van der Waals surface area contributed by atoms with Crippen molar-refractivity contribution in [1.82, 2.24) is 20.0 Å². The Morgan fingerprint density at radius 2 is 2.05 bits per heavy atom. The van der Waals surface area contributed by atoms with Crippen molar-refractivity contribution in [3.05, 3.63) is 17.5 Å². The van der Waals surface area contributed by atoms with E-state index in [1.807, 2.05) is 7.05 Å². The number of hydrogen-bond donors (Lipinski definition) is 1. The molecule has 0 bridgehead atoms. The molecule has 1 amide bonds. The number of aromatic nitrogens is 2. The molecule has 1 saturated heterocycles. The van der Waals surface area contributed by atoms with Gasteiger partial charge in [-0.1, -0.05) is 0 Å². The molecule has 1 aliphatic heterocycles. The van der Waals surface area contributed by atoms with E-state index in [0.29, 0.717) is 0 Å². The Morgan fingerprint density at radius 1 is 1.43 bits per heavy atom. The Balaban J connectivity index is 1.97. The normalized spacial score (nSPS) is 18.0. The van der Waals surface area contributed by atoms with Crippen LogP contribution in [0.4, 0.5) is 13.2 Å². The van der Waals surface area contributed by atoms with Gasteiger partial charge in [-0.15, -0.1) is 0 Å². The van der Waals surface area contributed by atoms with Gasteiger partial charge in [-0.05, 0) is 46.0 Å². The highest BCUT2D eigenvalue weighted by Gasteiger charge is 2.36. The van der Waals surface area contributed by atoms with E-state index < -0.39 is 24.3 Å². The third kappa shape index (κ3) is 4.20. The summed E-state index contributed by atoms with van der Waals surface area (Å²) in [7, 11) is 2.00. The lowest BCUT2D eigenvalue weighted by Gasteiger charge is -2.29. The molecule has 118 valence electrons. The Labute approximate surface area is 121 Å². The molecule has 1 N–H and O–H groups in total. The summed E-state index contributed by atoms with van der Waals surface area (Å²) in [5.74, 6) is -0.432. The number of carbonyl (C=O) groups is 1. The van der Waals surface area contributed by atoms with Crippen LogP contribution < -0.4 is 5.32 Å². The van der Waals surface area contributed by atoms with Gasteiger partial charge < -0.3 is 10.2 Å². The van der Waals surface area contributed by atoms with Crippen molar-refractivity contribution in [3.8, 4) is 0 Å². The van der Waals surface area contributed by atoms with Crippen LogP contribution in [0.15, 0.2) is 6.07 Å². The van der Waals surface area contributed by atoms with E-state index in [0.717, 1.165) is 36.7 Å². The first-order valence-corrected chi connectivity index (χ1v) is 6.85. The average molecular weight is 304 g/mol. The average Bonchev–Trinajstić information content (AvgIpc) is 2.73. The second-order valence-corrected chi connectivity index (χ2v) is 5.47.